The van der Waals surface area contributed by atoms with Gasteiger partial charge in [-0.1, -0.05) is 30.3 Å². The summed E-state index contributed by atoms with van der Waals surface area (Å²) in [5.41, 5.74) is 5.03. The van der Waals surface area contributed by atoms with Crippen molar-refractivity contribution in [3.8, 4) is 0 Å². The largest absolute Gasteiger partial charge is 0.462 e. The van der Waals surface area contributed by atoms with Gasteiger partial charge in [-0.15, -0.1) is 0 Å². The Labute approximate surface area is 90.2 Å². The Bertz CT molecular complexity index is 298. The standard InChI is InChI=1S/C12H17NO2/c1-2-15-12(14)11(13)9-8-10-6-4-3-5-7-10/h3-7,11H,2,8-9,13H2,1H3/p+1/t11-/m0/s1. The van der Waals surface area contributed by atoms with Crippen LogP contribution in [0.15, 0.2) is 30.3 Å². The minimum atomic E-state index is -0.259. The van der Waals surface area contributed by atoms with Crippen LogP contribution in [0.5, 0.6) is 0 Å². The third-order valence-electron chi connectivity index (χ3n) is 2.24. The number of ether oxygens (including phenoxy) is 1. The third-order valence-corrected chi connectivity index (χ3v) is 2.24. The van der Waals surface area contributed by atoms with Crippen molar-refractivity contribution in [2.24, 2.45) is 0 Å². The number of hydrogen-bond acceptors (Lipinski definition) is 2. The first-order valence-electron chi connectivity index (χ1n) is 5.27. The Kier molecular flexibility index (Phi) is 4.84. The summed E-state index contributed by atoms with van der Waals surface area (Å²) < 4.78 is 4.89. The van der Waals surface area contributed by atoms with E-state index in [1.807, 2.05) is 25.1 Å². The highest BCUT2D eigenvalue weighted by molar-refractivity contribution is 5.73. The average molecular weight is 208 g/mol. The zero-order valence-corrected chi connectivity index (χ0v) is 9.11. The third kappa shape index (κ3) is 4.13. The maximum absolute atomic E-state index is 11.3. The molecule has 0 aromatic heterocycles. The molecule has 1 aromatic rings. The summed E-state index contributed by atoms with van der Waals surface area (Å²) in [5.74, 6) is -0.201. The number of hydrogen-bond donors (Lipinski definition) is 1. The van der Waals surface area contributed by atoms with Crippen LogP contribution in [0, 0.1) is 0 Å². The lowest BCUT2D eigenvalue weighted by Gasteiger charge is -2.07. The number of benzene rings is 1. The van der Waals surface area contributed by atoms with Crippen LogP contribution in [0.25, 0.3) is 0 Å². The molecule has 0 aliphatic carbocycles. The molecule has 0 saturated carbocycles. The fraction of sp³-hybridized carbons (Fsp3) is 0.417. The van der Waals surface area contributed by atoms with E-state index in [4.69, 9.17) is 4.74 Å². The van der Waals surface area contributed by atoms with E-state index in [9.17, 15) is 4.79 Å². The number of esters is 1. The Morgan fingerprint density at radius 2 is 2.07 bits per heavy atom. The molecule has 0 amide bonds. The second-order valence-electron chi connectivity index (χ2n) is 3.47. The maximum atomic E-state index is 11.3. The molecule has 0 fully saturated rings. The average Bonchev–Trinajstić information content (AvgIpc) is 2.27. The smallest absolute Gasteiger partial charge is 0.364 e. The Balaban J connectivity index is 2.34. The lowest BCUT2D eigenvalue weighted by atomic mass is 10.1. The van der Waals surface area contributed by atoms with Crippen LogP contribution in [0.3, 0.4) is 0 Å². The van der Waals surface area contributed by atoms with E-state index in [-0.39, 0.29) is 12.0 Å². The number of aryl methyl sites for hydroxylation is 1. The minimum absolute atomic E-state index is 0.201. The monoisotopic (exact) mass is 208 g/mol. The van der Waals surface area contributed by atoms with Crippen LogP contribution in [-0.2, 0) is 16.0 Å². The molecule has 0 saturated heterocycles. The van der Waals surface area contributed by atoms with Gasteiger partial charge in [0, 0.05) is 6.42 Å². The van der Waals surface area contributed by atoms with E-state index in [1.165, 1.54) is 5.56 Å². The van der Waals surface area contributed by atoms with Crippen molar-refractivity contribution in [1.29, 1.82) is 0 Å². The van der Waals surface area contributed by atoms with Crippen LogP contribution in [-0.4, -0.2) is 18.6 Å². The van der Waals surface area contributed by atoms with Gasteiger partial charge in [0.1, 0.15) is 0 Å². The van der Waals surface area contributed by atoms with Crippen LogP contribution in [0.2, 0.25) is 0 Å². The molecule has 0 bridgehead atoms. The minimum Gasteiger partial charge on any atom is -0.462 e. The summed E-state index contributed by atoms with van der Waals surface area (Å²) in [4.78, 5) is 11.3. The predicted octanol–water partition coefficient (Wildman–Crippen LogP) is 0.793. The fourth-order valence-corrected chi connectivity index (χ4v) is 1.36. The van der Waals surface area contributed by atoms with Crippen LogP contribution >= 0.6 is 0 Å². The topological polar surface area (TPSA) is 53.9 Å². The lowest BCUT2D eigenvalue weighted by Crippen LogP contribution is -2.65. The van der Waals surface area contributed by atoms with E-state index in [0.29, 0.717) is 6.61 Å². The van der Waals surface area contributed by atoms with Gasteiger partial charge < -0.3 is 10.5 Å². The Hall–Kier alpha value is -1.35. The van der Waals surface area contributed by atoms with Crippen molar-refractivity contribution < 1.29 is 15.3 Å². The van der Waals surface area contributed by atoms with Crippen molar-refractivity contribution >= 4 is 5.97 Å². The summed E-state index contributed by atoms with van der Waals surface area (Å²) in [6.07, 6.45) is 1.61. The number of carbonyl (C=O) groups is 1. The second-order valence-corrected chi connectivity index (χ2v) is 3.47. The van der Waals surface area contributed by atoms with E-state index >= 15 is 0 Å². The fourth-order valence-electron chi connectivity index (χ4n) is 1.36. The van der Waals surface area contributed by atoms with Crippen LogP contribution in [0.4, 0.5) is 0 Å². The molecule has 0 radical (unpaired) electrons. The van der Waals surface area contributed by atoms with Gasteiger partial charge in [0.15, 0.2) is 6.04 Å². The molecule has 0 aliphatic heterocycles. The van der Waals surface area contributed by atoms with Crippen molar-refractivity contribution in [1.82, 2.24) is 0 Å². The molecule has 0 aliphatic rings. The first-order chi connectivity index (χ1) is 7.24. The van der Waals surface area contributed by atoms with Gasteiger partial charge in [-0.3, -0.25) is 0 Å². The van der Waals surface area contributed by atoms with Crippen molar-refractivity contribution in [2.45, 2.75) is 25.8 Å². The molecule has 3 nitrogen and oxygen atoms in total. The zero-order valence-electron chi connectivity index (χ0n) is 9.11. The van der Waals surface area contributed by atoms with Crippen molar-refractivity contribution in [3.05, 3.63) is 35.9 Å². The summed E-state index contributed by atoms with van der Waals surface area (Å²) >= 11 is 0. The van der Waals surface area contributed by atoms with Gasteiger partial charge in [-0.25, -0.2) is 4.79 Å². The number of rotatable bonds is 5. The first-order valence-corrected chi connectivity index (χ1v) is 5.27. The Morgan fingerprint density at radius 3 is 2.67 bits per heavy atom. The normalized spacial score (nSPS) is 12.1. The molecule has 3 N–H and O–H groups in total. The summed E-state index contributed by atoms with van der Waals surface area (Å²) in [7, 11) is 0. The van der Waals surface area contributed by atoms with E-state index < -0.39 is 0 Å². The zero-order chi connectivity index (χ0) is 11.1. The van der Waals surface area contributed by atoms with Gasteiger partial charge in [0.25, 0.3) is 0 Å². The van der Waals surface area contributed by atoms with Gasteiger partial charge in [-0.05, 0) is 18.9 Å². The molecule has 0 unspecified atom stereocenters. The highest BCUT2D eigenvalue weighted by atomic mass is 16.5. The SMILES string of the molecule is CCOC(=O)[C@@H]([NH3+])CCc1ccccc1. The summed E-state index contributed by atoms with van der Waals surface area (Å²) in [5, 5.41) is 0. The predicted molar refractivity (Wildman–Crippen MR) is 58.1 cm³/mol. The Morgan fingerprint density at radius 1 is 1.40 bits per heavy atom. The molecule has 0 heterocycles. The van der Waals surface area contributed by atoms with Crippen molar-refractivity contribution in [2.75, 3.05) is 6.61 Å². The highest BCUT2D eigenvalue weighted by Crippen LogP contribution is 2.03. The second kappa shape index (κ2) is 6.19. The van der Waals surface area contributed by atoms with Gasteiger partial charge in [0.2, 0.25) is 0 Å². The lowest BCUT2D eigenvalue weighted by molar-refractivity contribution is -0.409. The van der Waals surface area contributed by atoms with Gasteiger partial charge in [0.05, 0.1) is 6.61 Å². The quantitative estimate of drug-likeness (QED) is 0.727. The highest BCUT2D eigenvalue weighted by Gasteiger charge is 2.17. The molecule has 1 atom stereocenters. The number of carbonyl (C=O) groups excluding carboxylic acids is 1. The van der Waals surface area contributed by atoms with Crippen molar-refractivity contribution in [3.63, 3.8) is 0 Å². The summed E-state index contributed by atoms with van der Waals surface area (Å²) in [6.45, 7) is 2.23. The molecular formula is C12H18NO2+. The van der Waals surface area contributed by atoms with E-state index in [0.717, 1.165) is 12.8 Å². The van der Waals surface area contributed by atoms with E-state index in [1.54, 1.807) is 0 Å². The molecule has 3 heteroatoms. The first kappa shape index (κ1) is 11.7. The molecule has 15 heavy (non-hydrogen) atoms. The maximum Gasteiger partial charge on any atom is 0.364 e. The molecular weight excluding hydrogens is 190 g/mol. The van der Waals surface area contributed by atoms with E-state index in [2.05, 4.69) is 17.9 Å². The summed E-state index contributed by atoms with van der Waals surface area (Å²) in [6, 6.07) is 9.83. The van der Waals surface area contributed by atoms with Gasteiger partial charge in [-0.2, -0.15) is 0 Å². The van der Waals surface area contributed by atoms with Crippen LogP contribution in [0.1, 0.15) is 18.9 Å². The molecule has 82 valence electrons. The number of quaternary nitrogens is 1. The molecule has 1 aromatic carbocycles. The van der Waals surface area contributed by atoms with Gasteiger partial charge >= 0.3 is 5.97 Å². The molecule has 0 spiro atoms. The molecule has 1 rings (SSSR count). The van der Waals surface area contributed by atoms with Crippen LogP contribution < -0.4 is 5.73 Å².